The number of nitrogens with zero attached hydrogens (tertiary/aromatic N) is 4. The molecule has 0 aliphatic carbocycles. The number of rotatable bonds is 6. The normalized spacial score (nSPS) is 14.8. The quantitative estimate of drug-likeness (QED) is 0.375. The number of imidazole rings is 1. The first-order valence-electron chi connectivity index (χ1n) is 11.9. The molecule has 6 nitrogen and oxygen atoms in total. The van der Waals surface area contributed by atoms with Crippen molar-refractivity contribution in [3.8, 4) is 5.75 Å². The molecule has 0 saturated carbocycles. The molecule has 180 valence electrons. The standard InChI is InChI=1S/C28H29ClN4O2/c1-20-10-11-33-25(19-30-27(33)16-20)24(23-8-3-4-9-26(23)35-2)18-28(34)32-14-12-31(13-15-32)22-7-5-6-21(29)17-22/h3-11,16-17,19,24H,12-15,18H2,1-2H3. The van der Waals surface area contributed by atoms with Crippen molar-refractivity contribution >= 4 is 28.8 Å². The van der Waals surface area contributed by atoms with Gasteiger partial charge in [-0.3, -0.25) is 4.79 Å². The van der Waals surface area contributed by atoms with Gasteiger partial charge in [-0.05, 0) is 48.9 Å². The van der Waals surface area contributed by atoms with Crippen molar-refractivity contribution in [2.45, 2.75) is 19.3 Å². The number of piperazine rings is 1. The molecule has 1 amide bonds. The number of aryl methyl sites for hydroxylation is 1. The van der Waals surface area contributed by atoms with E-state index in [-0.39, 0.29) is 11.8 Å². The van der Waals surface area contributed by atoms with Crippen LogP contribution in [0.2, 0.25) is 5.02 Å². The average molecular weight is 489 g/mol. The molecular formula is C28H29ClN4O2. The number of hydrogen-bond acceptors (Lipinski definition) is 4. The molecular weight excluding hydrogens is 460 g/mol. The molecule has 0 bridgehead atoms. The van der Waals surface area contributed by atoms with Gasteiger partial charge in [-0.25, -0.2) is 4.98 Å². The zero-order valence-corrected chi connectivity index (χ0v) is 20.8. The van der Waals surface area contributed by atoms with Crippen molar-refractivity contribution in [1.82, 2.24) is 14.3 Å². The maximum absolute atomic E-state index is 13.6. The molecule has 2 aromatic heterocycles. The van der Waals surface area contributed by atoms with E-state index < -0.39 is 0 Å². The third kappa shape index (κ3) is 4.84. The minimum absolute atomic E-state index is 0.133. The molecule has 1 fully saturated rings. The van der Waals surface area contributed by atoms with Gasteiger partial charge in [0.15, 0.2) is 0 Å². The fraction of sp³-hybridized carbons (Fsp3) is 0.286. The minimum atomic E-state index is -0.178. The number of carbonyl (C=O) groups is 1. The van der Waals surface area contributed by atoms with Gasteiger partial charge in [0.25, 0.3) is 0 Å². The fourth-order valence-corrected chi connectivity index (χ4v) is 5.06. The summed E-state index contributed by atoms with van der Waals surface area (Å²) in [7, 11) is 1.67. The van der Waals surface area contributed by atoms with Crippen LogP contribution in [0.4, 0.5) is 5.69 Å². The van der Waals surface area contributed by atoms with Crippen LogP contribution in [0.3, 0.4) is 0 Å². The van der Waals surface area contributed by atoms with Gasteiger partial charge in [-0.1, -0.05) is 35.9 Å². The van der Waals surface area contributed by atoms with Crippen molar-refractivity contribution in [2.75, 3.05) is 38.2 Å². The summed E-state index contributed by atoms with van der Waals surface area (Å²) in [5.41, 5.74) is 5.09. The van der Waals surface area contributed by atoms with Crippen LogP contribution in [-0.4, -0.2) is 53.5 Å². The first-order chi connectivity index (χ1) is 17.0. The number of anilines is 1. The van der Waals surface area contributed by atoms with Crippen LogP contribution in [0.25, 0.3) is 5.65 Å². The van der Waals surface area contributed by atoms with Crippen LogP contribution < -0.4 is 9.64 Å². The molecule has 35 heavy (non-hydrogen) atoms. The van der Waals surface area contributed by atoms with Crippen LogP contribution in [0.5, 0.6) is 5.75 Å². The van der Waals surface area contributed by atoms with Crippen molar-refractivity contribution in [3.05, 3.63) is 94.9 Å². The van der Waals surface area contributed by atoms with E-state index in [1.165, 1.54) is 0 Å². The number of para-hydroxylation sites is 1. The zero-order chi connectivity index (χ0) is 24.4. The van der Waals surface area contributed by atoms with Gasteiger partial charge >= 0.3 is 0 Å². The number of aromatic nitrogens is 2. The number of methoxy groups -OCH3 is 1. The maximum Gasteiger partial charge on any atom is 0.223 e. The van der Waals surface area contributed by atoms with Gasteiger partial charge in [0, 0.05) is 67.2 Å². The Bertz CT molecular complexity index is 1340. The Labute approximate surface area is 210 Å². The third-order valence-corrected chi connectivity index (χ3v) is 6.99. The van der Waals surface area contributed by atoms with Crippen molar-refractivity contribution < 1.29 is 9.53 Å². The van der Waals surface area contributed by atoms with Crippen molar-refractivity contribution in [1.29, 1.82) is 0 Å². The highest BCUT2D eigenvalue weighted by Crippen LogP contribution is 2.35. The molecule has 1 unspecified atom stereocenters. The second kappa shape index (κ2) is 10.0. The summed E-state index contributed by atoms with van der Waals surface area (Å²) in [5, 5.41) is 0.726. The van der Waals surface area contributed by atoms with Crippen LogP contribution in [0.1, 0.15) is 29.2 Å². The van der Waals surface area contributed by atoms with Crippen LogP contribution in [0, 0.1) is 6.92 Å². The number of carbonyl (C=O) groups excluding carboxylic acids is 1. The predicted molar refractivity (Wildman–Crippen MR) is 140 cm³/mol. The topological polar surface area (TPSA) is 50.1 Å². The van der Waals surface area contributed by atoms with Crippen LogP contribution >= 0.6 is 11.6 Å². The number of hydrogen-bond donors (Lipinski definition) is 0. The van der Waals surface area contributed by atoms with E-state index >= 15 is 0 Å². The molecule has 1 atom stereocenters. The molecule has 4 aromatic rings. The molecule has 0 spiro atoms. The van der Waals surface area contributed by atoms with Gasteiger partial charge in [-0.15, -0.1) is 0 Å². The lowest BCUT2D eigenvalue weighted by atomic mass is 9.91. The zero-order valence-electron chi connectivity index (χ0n) is 20.0. The van der Waals surface area contributed by atoms with Gasteiger partial charge in [0.2, 0.25) is 5.91 Å². The highest BCUT2D eigenvalue weighted by atomic mass is 35.5. The Morgan fingerprint density at radius 2 is 1.86 bits per heavy atom. The number of benzene rings is 2. The van der Waals surface area contributed by atoms with Crippen molar-refractivity contribution in [2.24, 2.45) is 0 Å². The Hall–Kier alpha value is -3.51. The number of fused-ring (bicyclic) bond motifs is 1. The van der Waals surface area contributed by atoms with E-state index in [4.69, 9.17) is 16.3 Å². The lowest BCUT2D eigenvalue weighted by molar-refractivity contribution is -0.131. The lowest BCUT2D eigenvalue weighted by Crippen LogP contribution is -2.49. The van der Waals surface area contributed by atoms with Gasteiger partial charge in [0.1, 0.15) is 11.4 Å². The van der Waals surface area contributed by atoms with E-state index in [0.29, 0.717) is 19.5 Å². The van der Waals surface area contributed by atoms with Crippen LogP contribution in [-0.2, 0) is 4.79 Å². The largest absolute Gasteiger partial charge is 0.496 e. The molecule has 0 N–H and O–H groups in total. The molecule has 3 heterocycles. The molecule has 1 aliphatic rings. The Balaban J connectivity index is 1.39. The number of pyridine rings is 1. The van der Waals surface area contributed by atoms with E-state index in [2.05, 4.69) is 39.4 Å². The second-order valence-electron chi connectivity index (χ2n) is 8.96. The van der Waals surface area contributed by atoms with Crippen molar-refractivity contribution in [3.63, 3.8) is 0 Å². The summed E-state index contributed by atoms with van der Waals surface area (Å²) in [6.45, 7) is 4.96. The lowest BCUT2D eigenvalue weighted by Gasteiger charge is -2.36. The van der Waals surface area contributed by atoms with E-state index in [9.17, 15) is 4.79 Å². The molecule has 5 rings (SSSR count). The fourth-order valence-electron chi connectivity index (χ4n) is 4.88. The monoisotopic (exact) mass is 488 g/mol. The Morgan fingerprint density at radius 3 is 2.63 bits per heavy atom. The summed E-state index contributed by atoms with van der Waals surface area (Å²) in [6.07, 6.45) is 4.26. The Kier molecular flexibility index (Phi) is 6.64. The highest BCUT2D eigenvalue weighted by molar-refractivity contribution is 6.30. The minimum Gasteiger partial charge on any atom is -0.496 e. The molecule has 1 saturated heterocycles. The smallest absolute Gasteiger partial charge is 0.223 e. The van der Waals surface area contributed by atoms with Gasteiger partial charge < -0.3 is 18.9 Å². The maximum atomic E-state index is 13.6. The second-order valence-corrected chi connectivity index (χ2v) is 9.40. The molecule has 2 aromatic carbocycles. The van der Waals surface area contributed by atoms with Gasteiger partial charge in [-0.2, -0.15) is 0 Å². The van der Waals surface area contributed by atoms with E-state index in [0.717, 1.165) is 52.0 Å². The third-order valence-electron chi connectivity index (χ3n) is 6.75. The Morgan fingerprint density at radius 1 is 1.06 bits per heavy atom. The molecule has 7 heteroatoms. The number of amides is 1. The summed E-state index contributed by atoms with van der Waals surface area (Å²) in [6, 6.07) is 19.9. The number of halogens is 1. The average Bonchev–Trinajstić information content (AvgIpc) is 3.30. The first-order valence-corrected chi connectivity index (χ1v) is 12.3. The van der Waals surface area contributed by atoms with E-state index in [1.807, 2.05) is 59.8 Å². The van der Waals surface area contributed by atoms with Gasteiger partial charge in [0.05, 0.1) is 12.8 Å². The van der Waals surface area contributed by atoms with Crippen LogP contribution in [0.15, 0.2) is 73.1 Å². The number of ether oxygens (including phenoxy) is 1. The van der Waals surface area contributed by atoms with E-state index in [1.54, 1.807) is 7.11 Å². The summed E-state index contributed by atoms with van der Waals surface area (Å²) >= 11 is 6.17. The summed E-state index contributed by atoms with van der Waals surface area (Å²) in [4.78, 5) is 22.5. The summed E-state index contributed by atoms with van der Waals surface area (Å²) in [5.74, 6) is 0.731. The first kappa shape index (κ1) is 23.2. The molecule has 0 radical (unpaired) electrons. The highest BCUT2D eigenvalue weighted by Gasteiger charge is 2.28. The molecule has 1 aliphatic heterocycles. The predicted octanol–water partition coefficient (Wildman–Crippen LogP) is 5.18. The SMILES string of the molecule is COc1ccccc1C(CC(=O)N1CCN(c2cccc(Cl)c2)CC1)c1cnc2cc(C)ccn12. The summed E-state index contributed by atoms with van der Waals surface area (Å²) < 4.78 is 7.76.